The first-order valence-corrected chi connectivity index (χ1v) is 7.02. The van der Waals surface area contributed by atoms with E-state index < -0.39 is 5.60 Å². The van der Waals surface area contributed by atoms with E-state index >= 15 is 0 Å². The lowest BCUT2D eigenvalue weighted by molar-refractivity contribution is 0.116. The van der Waals surface area contributed by atoms with Gasteiger partial charge in [-0.25, -0.2) is 0 Å². The summed E-state index contributed by atoms with van der Waals surface area (Å²) in [5.41, 5.74) is 0.977. The summed E-state index contributed by atoms with van der Waals surface area (Å²) in [7, 11) is 1.82. The highest BCUT2D eigenvalue weighted by Crippen LogP contribution is 2.36. The van der Waals surface area contributed by atoms with Gasteiger partial charge in [-0.1, -0.05) is 54.1 Å². The van der Waals surface area contributed by atoms with Crippen molar-refractivity contribution in [2.45, 2.75) is 5.60 Å². The van der Waals surface area contributed by atoms with Crippen molar-refractivity contribution in [3.05, 3.63) is 88.7 Å². The number of benzene rings is 2. The first kappa shape index (κ1) is 13.9. The van der Waals surface area contributed by atoms with Crippen LogP contribution in [0.5, 0.6) is 0 Å². The van der Waals surface area contributed by atoms with Crippen LogP contribution in [0, 0.1) is 0 Å². The van der Waals surface area contributed by atoms with Crippen LogP contribution in [-0.2, 0) is 12.6 Å². The molecule has 0 fully saturated rings. The van der Waals surface area contributed by atoms with Crippen LogP contribution in [0.4, 0.5) is 0 Å². The fraction of sp³-hybridized carbons (Fsp3) is 0.118. The van der Waals surface area contributed by atoms with Crippen LogP contribution in [0.1, 0.15) is 16.8 Å². The summed E-state index contributed by atoms with van der Waals surface area (Å²) >= 11 is 5.96. The second kappa shape index (κ2) is 5.35. The zero-order valence-electron chi connectivity index (χ0n) is 11.6. The second-order valence-corrected chi connectivity index (χ2v) is 5.36. The highest BCUT2D eigenvalue weighted by molar-refractivity contribution is 6.30. The maximum atomic E-state index is 11.5. The molecule has 3 nitrogen and oxygen atoms in total. The first-order valence-electron chi connectivity index (χ1n) is 6.65. The number of rotatable bonds is 3. The molecule has 1 aromatic heterocycles. The fourth-order valence-electron chi connectivity index (χ4n) is 2.56. The van der Waals surface area contributed by atoms with Crippen molar-refractivity contribution in [3.8, 4) is 0 Å². The van der Waals surface area contributed by atoms with Crippen molar-refractivity contribution < 1.29 is 5.11 Å². The van der Waals surface area contributed by atoms with Gasteiger partial charge in [0.25, 0.3) is 0 Å². The molecule has 1 heterocycles. The second-order valence-electron chi connectivity index (χ2n) is 4.92. The molecule has 0 bridgehead atoms. The van der Waals surface area contributed by atoms with E-state index in [9.17, 15) is 5.11 Å². The summed E-state index contributed by atoms with van der Waals surface area (Å²) < 4.78 is 1.68. The van der Waals surface area contributed by atoms with Crippen molar-refractivity contribution >= 4 is 11.6 Å². The molecule has 3 rings (SSSR count). The molecular weight excluding hydrogens is 284 g/mol. The molecule has 0 aliphatic carbocycles. The quantitative estimate of drug-likeness (QED) is 0.805. The normalized spacial score (nSPS) is 13.9. The van der Waals surface area contributed by atoms with Crippen LogP contribution >= 0.6 is 11.6 Å². The molecule has 0 saturated carbocycles. The van der Waals surface area contributed by atoms with Crippen LogP contribution in [0.15, 0.2) is 66.9 Å². The van der Waals surface area contributed by atoms with Crippen LogP contribution < -0.4 is 0 Å². The minimum Gasteiger partial charge on any atom is -0.374 e. The van der Waals surface area contributed by atoms with Gasteiger partial charge in [-0.3, -0.25) is 4.68 Å². The SMILES string of the molecule is Cn1nccc1C(O)(c1ccccc1)c1ccc(Cl)cc1. The zero-order chi connectivity index (χ0) is 14.9. The lowest BCUT2D eigenvalue weighted by Crippen LogP contribution is -2.31. The molecule has 0 radical (unpaired) electrons. The van der Waals surface area contributed by atoms with Crippen molar-refractivity contribution in [2.75, 3.05) is 0 Å². The Morgan fingerprint density at radius 1 is 0.952 bits per heavy atom. The Balaban J connectivity index is 2.25. The Bertz CT molecular complexity index is 737. The number of halogens is 1. The van der Waals surface area contributed by atoms with Crippen molar-refractivity contribution in [1.29, 1.82) is 0 Å². The third-order valence-electron chi connectivity index (χ3n) is 3.65. The minimum atomic E-state index is -1.27. The van der Waals surface area contributed by atoms with E-state index in [1.54, 1.807) is 23.0 Å². The van der Waals surface area contributed by atoms with E-state index in [4.69, 9.17) is 11.6 Å². The third-order valence-corrected chi connectivity index (χ3v) is 3.90. The lowest BCUT2D eigenvalue weighted by atomic mass is 9.83. The number of hydrogen-bond donors (Lipinski definition) is 1. The molecule has 0 amide bonds. The highest BCUT2D eigenvalue weighted by atomic mass is 35.5. The maximum Gasteiger partial charge on any atom is 0.156 e. The Kier molecular flexibility index (Phi) is 3.53. The molecule has 1 unspecified atom stereocenters. The number of aryl methyl sites for hydroxylation is 1. The van der Waals surface area contributed by atoms with Gasteiger partial charge in [0.05, 0.1) is 5.69 Å². The van der Waals surface area contributed by atoms with Crippen LogP contribution in [0.3, 0.4) is 0 Å². The molecule has 1 atom stereocenters. The van der Waals surface area contributed by atoms with E-state index in [1.165, 1.54) is 0 Å². The Hall–Kier alpha value is -2.10. The number of nitrogens with zero attached hydrogens (tertiary/aromatic N) is 2. The van der Waals surface area contributed by atoms with Crippen LogP contribution in [0.25, 0.3) is 0 Å². The fourth-order valence-corrected chi connectivity index (χ4v) is 2.69. The first-order chi connectivity index (χ1) is 10.1. The van der Waals surface area contributed by atoms with Gasteiger partial charge in [0.1, 0.15) is 0 Å². The van der Waals surface area contributed by atoms with Gasteiger partial charge in [-0.15, -0.1) is 0 Å². The molecule has 4 heteroatoms. The standard InChI is InChI=1S/C17H15ClN2O/c1-20-16(11-12-19-20)17(21,13-5-3-2-4-6-13)14-7-9-15(18)10-8-14/h2-12,21H,1H3. The summed E-state index contributed by atoms with van der Waals surface area (Å²) in [5, 5.41) is 16.3. The molecule has 0 aliphatic rings. The monoisotopic (exact) mass is 298 g/mol. The van der Waals surface area contributed by atoms with Gasteiger partial charge >= 0.3 is 0 Å². The maximum absolute atomic E-state index is 11.5. The lowest BCUT2D eigenvalue weighted by Gasteiger charge is -2.29. The summed E-state index contributed by atoms with van der Waals surface area (Å²) in [6.45, 7) is 0. The average molecular weight is 299 g/mol. The van der Waals surface area contributed by atoms with E-state index in [0.717, 1.165) is 11.1 Å². The molecular formula is C17H15ClN2O. The molecule has 21 heavy (non-hydrogen) atoms. The summed E-state index contributed by atoms with van der Waals surface area (Å²) in [6, 6.07) is 18.6. The van der Waals surface area contributed by atoms with Gasteiger partial charge in [0.2, 0.25) is 0 Å². The van der Waals surface area contributed by atoms with Crippen molar-refractivity contribution in [2.24, 2.45) is 7.05 Å². The number of aliphatic hydroxyl groups is 1. The van der Waals surface area contributed by atoms with Gasteiger partial charge in [0.15, 0.2) is 5.60 Å². The van der Waals surface area contributed by atoms with Gasteiger partial charge in [0, 0.05) is 18.3 Å². The molecule has 106 valence electrons. The van der Waals surface area contributed by atoms with Gasteiger partial charge < -0.3 is 5.11 Å². The molecule has 3 aromatic rings. The van der Waals surface area contributed by atoms with E-state index in [-0.39, 0.29) is 0 Å². The van der Waals surface area contributed by atoms with Crippen molar-refractivity contribution in [3.63, 3.8) is 0 Å². The molecule has 0 aliphatic heterocycles. The molecule has 0 saturated heterocycles. The topological polar surface area (TPSA) is 38.0 Å². The number of aromatic nitrogens is 2. The Morgan fingerprint density at radius 3 is 2.14 bits per heavy atom. The Morgan fingerprint density at radius 2 is 1.57 bits per heavy atom. The van der Waals surface area contributed by atoms with Gasteiger partial charge in [-0.05, 0) is 29.3 Å². The highest BCUT2D eigenvalue weighted by Gasteiger charge is 2.36. The zero-order valence-corrected chi connectivity index (χ0v) is 12.3. The average Bonchev–Trinajstić information content (AvgIpc) is 2.95. The minimum absolute atomic E-state index is 0.638. The van der Waals surface area contributed by atoms with E-state index in [2.05, 4.69) is 5.10 Å². The summed E-state index contributed by atoms with van der Waals surface area (Å²) in [4.78, 5) is 0. The molecule has 0 spiro atoms. The van der Waals surface area contributed by atoms with E-state index in [0.29, 0.717) is 10.7 Å². The molecule has 2 aromatic carbocycles. The smallest absolute Gasteiger partial charge is 0.156 e. The largest absolute Gasteiger partial charge is 0.374 e. The van der Waals surface area contributed by atoms with Crippen molar-refractivity contribution in [1.82, 2.24) is 9.78 Å². The Labute approximate surface area is 128 Å². The van der Waals surface area contributed by atoms with Crippen LogP contribution in [-0.4, -0.2) is 14.9 Å². The summed E-state index contributed by atoms with van der Waals surface area (Å²) in [6.07, 6.45) is 1.68. The van der Waals surface area contributed by atoms with Gasteiger partial charge in [-0.2, -0.15) is 5.10 Å². The number of hydrogen-bond acceptors (Lipinski definition) is 2. The third kappa shape index (κ3) is 2.35. The van der Waals surface area contributed by atoms with E-state index in [1.807, 2.05) is 55.6 Å². The predicted molar refractivity (Wildman–Crippen MR) is 83.2 cm³/mol. The predicted octanol–water partition coefficient (Wildman–Crippen LogP) is 3.36. The van der Waals surface area contributed by atoms with Crippen LogP contribution in [0.2, 0.25) is 5.02 Å². The molecule has 1 N–H and O–H groups in total. The summed E-state index contributed by atoms with van der Waals surface area (Å²) in [5.74, 6) is 0.